The van der Waals surface area contributed by atoms with Gasteiger partial charge < -0.3 is 34.9 Å². The summed E-state index contributed by atoms with van der Waals surface area (Å²) in [6, 6.07) is 12.0. The molecule has 6 aliphatic heterocycles. The van der Waals surface area contributed by atoms with Crippen LogP contribution in [0.25, 0.3) is 11.3 Å². The number of imide groups is 1. The van der Waals surface area contributed by atoms with Crippen molar-refractivity contribution in [2.24, 2.45) is 5.92 Å². The predicted octanol–water partition coefficient (Wildman–Crippen LogP) is 3.88. The number of piperidine rings is 2. The Hall–Kier alpha value is -5.51. The zero-order chi connectivity index (χ0) is 41.2. The number of nitrogens with zero attached hydrogens (tertiary/aromatic N) is 8. The molecular formula is C43H53FN10O5. The van der Waals surface area contributed by atoms with E-state index in [1.165, 1.54) is 6.07 Å². The molecule has 9 rings (SSSR count). The third-order valence-electron chi connectivity index (χ3n) is 13.8. The number of hydrogen-bond donors (Lipinski definition) is 3. The van der Waals surface area contributed by atoms with Crippen molar-refractivity contribution in [2.45, 2.75) is 83.1 Å². The Bertz CT molecular complexity index is 2180. The van der Waals surface area contributed by atoms with Crippen molar-refractivity contribution < 1.29 is 28.7 Å². The third-order valence-corrected chi connectivity index (χ3v) is 13.8. The largest absolute Gasteiger partial charge is 0.504 e. The minimum atomic E-state index is -0.711. The fourth-order valence-corrected chi connectivity index (χ4v) is 10.3. The quantitative estimate of drug-likeness (QED) is 0.311. The fourth-order valence-electron chi connectivity index (χ4n) is 10.3. The van der Waals surface area contributed by atoms with Gasteiger partial charge in [-0.15, -0.1) is 10.2 Å². The number of amides is 5. The zero-order valence-electron chi connectivity index (χ0n) is 34.0. The van der Waals surface area contributed by atoms with Gasteiger partial charge in [0, 0.05) is 101 Å². The first-order valence-corrected chi connectivity index (χ1v) is 21.1. The van der Waals surface area contributed by atoms with E-state index in [9.17, 15) is 28.7 Å². The van der Waals surface area contributed by atoms with E-state index >= 15 is 0 Å². The number of carbonyl (C=O) groups excluding carboxylic acids is 4. The lowest BCUT2D eigenvalue weighted by molar-refractivity contribution is -0.136. The highest BCUT2D eigenvalue weighted by atomic mass is 19.1. The number of phenols is 1. The maximum atomic E-state index is 14.3. The molecule has 4 atom stereocenters. The fraction of sp³-hybridized carbons (Fsp3) is 0.535. The van der Waals surface area contributed by atoms with Crippen LogP contribution in [0.5, 0.6) is 5.75 Å². The summed E-state index contributed by atoms with van der Waals surface area (Å²) in [4.78, 5) is 64.8. The van der Waals surface area contributed by atoms with E-state index in [-0.39, 0.29) is 47.5 Å². The highest BCUT2D eigenvalue weighted by Gasteiger charge is 2.47. The second-order valence-corrected chi connectivity index (χ2v) is 17.4. The van der Waals surface area contributed by atoms with Crippen LogP contribution in [0.1, 0.15) is 68.8 Å². The number of urea groups is 1. The Morgan fingerprint density at radius 2 is 1.78 bits per heavy atom. The van der Waals surface area contributed by atoms with Crippen LogP contribution in [0.15, 0.2) is 42.5 Å². The molecule has 3 N–H and O–H groups in total. The van der Waals surface area contributed by atoms with Gasteiger partial charge in [0.15, 0.2) is 17.4 Å². The molecule has 4 saturated heterocycles. The Morgan fingerprint density at radius 3 is 2.56 bits per heavy atom. The van der Waals surface area contributed by atoms with Crippen LogP contribution < -0.4 is 20.4 Å². The molecule has 16 heteroatoms. The highest BCUT2D eigenvalue weighted by molar-refractivity contribution is 6.05. The maximum absolute atomic E-state index is 14.3. The summed E-state index contributed by atoms with van der Waals surface area (Å²) in [6.45, 7) is 13.5. The van der Waals surface area contributed by atoms with E-state index in [1.54, 1.807) is 17.0 Å². The number of fused-ring (bicyclic) bond motifs is 4. The summed E-state index contributed by atoms with van der Waals surface area (Å²) in [5, 5.41) is 24.9. The van der Waals surface area contributed by atoms with Crippen LogP contribution in [0.2, 0.25) is 0 Å². The topological polar surface area (TPSA) is 158 Å². The molecule has 5 amide bonds. The number of rotatable bonds is 6. The SMILES string of the molecule is CC[C@@]12CNc3nnc(-c4cccc(F)c4O)cc3N1CCN(C(=O)N1C[C@H](C)N(CC3CCN(c4ccc5c(c4)C(=O)N([C@@H]4CCC(=O)NC4=O)C5)CC3)C[C@H]1C)C2. The smallest absolute Gasteiger partial charge is 0.320 e. The molecular weight excluding hydrogens is 756 g/mol. The normalized spacial score (nSPS) is 26.3. The molecule has 6 aliphatic rings. The molecule has 15 nitrogen and oxygen atoms in total. The molecule has 0 unspecified atom stereocenters. The highest BCUT2D eigenvalue weighted by Crippen LogP contribution is 2.42. The summed E-state index contributed by atoms with van der Waals surface area (Å²) in [5.41, 5.74) is 3.71. The molecule has 312 valence electrons. The van der Waals surface area contributed by atoms with Crippen molar-refractivity contribution in [1.29, 1.82) is 0 Å². The number of piperazine rings is 2. The molecule has 4 fully saturated rings. The van der Waals surface area contributed by atoms with Gasteiger partial charge in [0.25, 0.3) is 5.91 Å². The van der Waals surface area contributed by atoms with E-state index in [2.05, 4.69) is 67.3 Å². The van der Waals surface area contributed by atoms with Gasteiger partial charge in [0.05, 0.1) is 16.9 Å². The number of aromatic hydroxyl groups is 1. The van der Waals surface area contributed by atoms with Crippen LogP contribution in [-0.4, -0.2) is 141 Å². The van der Waals surface area contributed by atoms with E-state index in [4.69, 9.17) is 0 Å². The van der Waals surface area contributed by atoms with Crippen LogP contribution in [-0.2, 0) is 16.1 Å². The van der Waals surface area contributed by atoms with Gasteiger partial charge in [-0.1, -0.05) is 19.1 Å². The second-order valence-electron chi connectivity index (χ2n) is 17.4. The summed E-state index contributed by atoms with van der Waals surface area (Å²) >= 11 is 0. The van der Waals surface area contributed by atoms with Crippen molar-refractivity contribution >= 4 is 40.9 Å². The number of para-hydroxylation sites is 1. The second kappa shape index (κ2) is 15.3. The summed E-state index contributed by atoms with van der Waals surface area (Å²) in [6.07, 6.45) is 3.45. The molecule has 1 aromatic heterocycles. The number of aromatic nitrogens is 2. The first kappa shape index (κ1) is 39.0. The molecule has 2 aromatic carbocycles. The first-order valence-electron chi connectivity index (χ1n) is 21.1. The minimum Gasteiger partial charge on any atom is -0.504 e. The van der Waals surface area contributed by atoms with Gasteiger partial charge in [-0.25, -0.2) is 9.18 Å². The van der Waals surface area contributed by atoms with Crippen molar-refractivity contribution in [2.75, 3.05) is 74.0 Å². The van der Waals surface area contributed by atoms with Crippen molar-refractivity contribution in [3.8, 4) is 17.0 Å². The van der Waals surface area contributed by atoms with Gasteiger partial charge in [-0.2, -0.15) is 0 Å². The molecule has 7 heterocycles. The van der Waals surface area contributed by atoms with Crippen LogP contribution >= 0.6 is 0 Å². The number of nitrogens with one attached hydrogen (secondary N) is 2. The number of phenolic OH excluding ortho intramolecular Hbond substituents is 1. The third kappa shape index (κ3) is 6.98. The average Bonchev–Trinajstić information content (AvgIpc) is 3.57. The van der Waals surface area contributed by atoms with Gasteiger partial charge in [-0.3, -0.25) is 24.6 Å². The van der Waals surface area contributed by atoms with Crippen molar-refractivity contribution in [1.82, 2.24) is 35.1 Å². The summed E-state index contributed by atoms with van der Waals surface area (Å²) in [7, 11) is 0. The molecule has 59 heavy (non-hydrogen) atoms. The first-order chi connectivity index (χ1) is 28.4. The van der Waals surface area contributed by atoms with Gasteiger partial charge >= 0.3 is 6.03 Å². The number of hydrogen-bond acceptors (Lipinski definition) is 11. The number of carbonyl (C=O) groups is 4. The standard InChI is InChI=1S/C43H53FN10O5/c1-4-43-24-45-39-36(19-34(47-48-39)31-6-5-7-33(44)38(31)56)54(43)17-16-50(25-43)42(59)52-21-26(2)51(20-27(52)3)22-28-12-14-49(15-13-28)30-9-8-29-23-53(41(58)32(29)18-30)35-10-11-37(55)46-40(35)57/h5-9,18-19,26-28,35,56H,4,10-17,20-25H2,1-3H3,(H,45,48)(H,46,55,57)/t26-,27+,35+,43-/m0/s1. The van der Waals surface area contributed by atoms with Crippen LogP contribution in [0, 0.1) is 11.7 Å². The van der Waals surface area contributed by atoms with E-state index < -0.39 is 23.5 Å². The van der Waals surface area contributed by atoms with Crippen LogP contribution in [0.3, 0.4) is 0 Å². The molecule has 0 aliphatic carbocycles. The van der Waals surface area contributed by atoms with Gasteiger partial charge in [0.2, 0.25) is 11.8 Å². The minimum absolute atomic E-state index is 0.0556. The van der Waals surface area contributed by atoms with E-state index in [0.717, 1.165) is 62.4 Å². The monoisotopic (exact) mass is 808 g/mol. The molecule has 0 saturated carbocycles. The lowest BCUT2D eigenvalue weighted by Crippen LogP contribution is -2.70. The van der Waals surface area contributed by atoms with Crippen LogP contribution in [0.4, 0.5) is 26.4 Å². The Balaban J connectivity index is 0.792. The molecule has 0 bridgehead atoms. The summed E-state index contributed by atoms with van der Waals surface area (Å²) in [5.74, 6) is -0.833. The predicted molar refractivity (Wildman–Crippen MR) is 220 cm³/mol. The Labute approximate surface area is 343 Å². The average molecular weight is 809 g/mol. The Morgan fingerprint density at radius 1 is 0.966 bits per heavy atom. The van der Waals surface area contributed by atoms with Gasteiger partial charge in [0.1, 0.15) is 6.04 Å². The summed E-state index contributed by atoms with van der Waals surface area (Å²) < 4.78 is 14.2. The lowest BCUT2D eigenvalue weighted by Gasteiger charge is -2.55. The number of anilines is 3. The number of benzene rings is 2. The maximum Gasteiger partial charge on any atom is 0.320 e. The Kier molecular flexibility index (Phi) is 10.1. The molecule has 0 radical (unpaired) electrons. The van der Waals surface area contributed by atoms with Crippen molar-refractivity contribution in [3.63, 3.8) is 0 Å². The van der Waals surface area contributed by atoms with Crippen molar-refractivity contribution in [3.05, 3.63) is 59.4 Å². The lowest BCUT2D eigenvalue weighted by atomic mass is 9.87. The number of halogens is 1. The van der Waals surface area contributed by atoms with E-state index in [0.29, 0.717) is 68.7 Å². The zero-order valence-corrected chi connectivity index (χ0v) is 34.0. The van der Waals surface area contributed by atoms with E-state index in [1.807, 2.05) is 23.1 Å². The molecule has 0 spiro atoms. The van der Waals surface area contributed by atoms with Gasteiger partial charge in [-0.05, 0) is 81.3 Å². The molecule has 3 aromatic rings.